The molecule has 1 atom stereocenters. The van der Waals surface area contributed by atoms with Gasteiger partial charge in [-0.15, -0.1) is 0 Å². The van der Waals surface area contributed by atoms with Crippen molar-refractivity contribution in [1.82, 2.24) is 15.0 Å². The van der Waals surface area contributed by atoms with Gasteiger partial charge in [0.1, 0.15) is 24.1 Å². The largest absolute Gasteiger partial charge is 0.434 e. The predicted molar refractivity (Wildman–Crippen MR) is 140 cm³/mol. The number of hydrogen-bond acceptors (Lipinski definition) is 5. The molecule has 0 saturated heterocycles. The quantitative estimate of drug-likeness (QED) is 0.211. The normalized spacial score (nSPS) is 14.2. The molecule has 3 aromatic rings. The summed E-state index contributed by atoms with van der Waals surface area (Å²) < 4.78 is 91.0. The molecule has 38 heavy (non-hydrogen) atoms. The van der Waals surface area contributed by atoms with Crippen LogP contribution >= 0.6 is 15.9 Å². The number of pyridine rings is 1. The lowest BCUT2D eigenvalue weighted by molar-refractivity contribution is -0.141. The lowest BCUT2D eigenvalue weighted by atomic mass is 10.0. The maximum Gasteiger partial charge on any atom is 0.434 e. The molecule has 0 bridgehead atoms. The highest BCUT2D eigenvalue weighted by Crippen LogP contribution is 2.41. The van der Waals surface area contributed by atoms with E-state index >= 15 is 13.2 Å². The van der Waals surface area contributed by atoms with Crippen LogP contribution in [0.4, 0.5) is 32.2 Å². The van der Waals surface area contributed by atoms with Crippen LogP contribution < -0.4 is 5.32 Å². The van der Waals surface area contributed by atoms with Gasteiger partial charge in [-0.05, 0) is 60.0 Å². The first kappa shape index (κ1) is 30.3. The molecule has 2 aromatic heterocycles. The number of fused-ring (bicyclic) bond motifs is 1. The highest BCUT2D eigenvalue weighted by Gasteiger charge is 2.43. The van der Waals surface area contributed by atoms with E-state index in [0.717, 1.165) is 6.07 Å². The zero-order valence-corrected chi connectivity index (χ0v) is 24.6. The molecule has 0 aliphatic carbocycles. The second-order valence-electron chi connectivity index (χ2n) is 10.6. The van der Waals surface area contributed by atoms with Crippen LogP contribution in [0.3, 0.4) is 0 Å². The Labute approximate surface area is 226 Å². The summed E-state index contributed by atoms with van der Waals surface area (Å²) in [5.41, 5.74) is -2.24. The van der Waals surface area contributed by atoms with Crippen molar-refractivity contribution in [2.75, 3.05) is 11.9 Å². The molecule has 0 spiro atoms. The first-order valence-electron chi connectivity index (χ1n) is 11.7. The molecule has 0 unspecified atom stereocenters. The monoisotopic (exact) mass is 622 g/mol. The molecule has 0 saturated carbocycles. The molecular weight excluding hydrogens is 594 g/mol. The molecule has 0 fully saturated rings. The van der Waals surface area contributed by atoms with Gasteiger partial charge in [0, 0.05) is 10.0 Å². The van der Waals surface area contributed by atoms with E-state index in [-0.39, 0.29) is 37.8 Å². The summed E-state index contributed by atoms with van der Waals surface area (Å²) in [6, 6.07) is 3.98. The SMILES string of the molecule is Cc1nc(N[C@H](C)c2cccc(C(F)(F)CO[Si](C)(C)C(C)(C)C)c2F)c2cc(Br)c(C(F)(F)F)nc2n1. The Hall–Kier alpha value is -2.25. The summed E-state index contributed by atoms with van der Waals surface area (Å²) >= 11 is 2.88. The van der Waals surface area contributed by atoms with Gasteiger partial charge in [0.2, 0.25) is 0 Å². The number of aryl methyl sites for hydroxylation is 1. The van der Waals surface area contributed by atoms with Crippen molar-refractivity contribution in [2.45, 2.75) is 70.9 Å². The minimum Gasteiger partial charge on any atom is -0.410 e. The summed E-state index contributed by atoms with van der Waals surface area (Å²) in [7, 11) is -2.51. The fourth-order valence-electron chi connectivity index (χ4n) is 3.46. The first-order chi connectivity index (χ1) is 17.2. The Bertz CT molecular complexity index is 1340. The van der Waals surface area contributed by atoms with E-state index < -0.39 is 50.1 Å². The van der Waals surface area contributed by atoms with Crippen molar-refractivity contribution < 1.29 is 30.8 Å². The Kier molecular flexibility index (Phi) is 8.27. The number of aromatic nitrogens is 3. The Morgan fingerprint density at radius 3 is 2.26 bits per heavy atom. The van der Waals surface area contributed by atoms with Gasteiger partial charge in [-0.3, -0.25) is 0 Å². The molecule has 3 rings (SSSR count). The van der Waals surface area contributed by atoms with Gasteiger partial charge in [0.05, 0.1) is 17.0 Å². The van der Waals surface area contributed by atoms with Crippen LogP contribution in [0.5, 0.6) is 0 Å². The van der Waals surface area contributed by atoms with E-state index in [0.29, 0.717) is 0 Å². The summed E-state index contributed by atoms with van der Waals surface area (Å²) in [6.07, 6.45) is -4.71. The molecule has 0 radical (unpaired) electrons. The van der Waals surface area contributed by atoms with Crippen molar-refractivity contribution in [3.05, 3.63) is 57.2 Å². The average Bonchev–Trinajstić information content (AvgIpc) is 2.76. The number of nitrogens with zero attached hydrogens (tertiary/aromatic N) is 3. The lowest BCUT2D eigenvalue weighted by Crippen LogP contribution is -2.43. The van der Waals surface area contributed by atoms with Crippen molar-refractivity contribution >= 4 is 41.1 Å². The van der Waals surface area contributed by atoms with Gasteiger partial charge in [-0.25, -0.2) is 19.3 Å². The van der Waals surface area contributed by atoms with E-state index in [4.69, 9.17) is 4.43 Å². The van der Waals surface area contributed by atoms with Gasteiger partial charge in [-0.1, -0.05) is 32.9 Å². The van der Waals surface area contributed by atoms with Crippen LogP contribution in [0.2, 0.25) is 18.1 Å². The second kappa shape index (κ2) is 10.4. The van der Waals surface area contributed by atoms with E-state index in [2.05, 4.69) is 36.2 Å². The number of halogens is 7. The van der Waals surface area contributed by atoms with Crippen molar-refractivity contribution in [3.63, 3.8) is 0 Å². The fraction of sp³-hybridized carbons (Fsp3) is 0.480. The number of hydrogen-bond donors (Lipinski definition) is 1. The fourth-order valence-corrected chi connectivity index (χ4v) is 4.98. The molecular formula is C25H29BrF6N4OSi. The lowest BCUT2D eigenvalue weighted by Gasteiger charge is -2.37. The zero-order chi connectivity index (χ0) is 28.8. The van der Waals surface area contributed by atoms with Gasteiger partial charge < -0.3 is 9.74 Å². The van der Waals surface area contributed by atoms with Crippen LogP contribution in [-0.2, 0) is 16.5 Å². The molecule has 208 valence electrons. The predicted octanol–water partition coefficient (Wildman–Crippen LogP) is 8.54. The number of nitrogens with one attached hydrogen (secondary N) is 1. The van der Waals surface area contributed by atoms with Gasteiger partial charge >= 0.3 is 6.18 Å². The van der Waals surface area contributed by atoms with Crippen molar-refractivity contribution in [3.8, 4) is 0 Å². The number of anilines is 1. The maximum atomic E-state index is 15.5. The van der Waals surface area contributed by atoms with Crippen LogP contribution in [0.25, 0.3) is 11.0 Å². The third-order valence-corrected chi connectivity index (χ3v) is 11.8. The Balaban J connectivity index is 1.95. The van der Waals surface area contributed by atoms with Gasteiger partial charge in [-0.2, -0.15) is 22.0 Å². The topological polar surface area (TPSA) is 59.9 Å². The summed E-state index contributed by atoms with van der Waals surface area (Å²) in [4.78, 5) is 11.8. The van der Waals surface area contributed by atoms with E-state index in [1.54, 1.807) is 0 Å². The first-order valence-corrected chi connectivity index (χ1v) is 15.4. The minimum atomic E-state index is -4.71. The van der Waals surface area contributed by atoms with Crippen LogP contribution in [0.15, 0.2) is 28.7 Å². The Morgan fingerprint density at radius 2 is 1.68 bits per heavy atom. The number of benzene rings is 1. The molecule has 13 heteroatoms. The molecule has 1 N–H and O–H groups in total. The minimum absolute atomic E-state index is 0.0714. The summed E-state index contributed by atoms with van der Waals surface area (Å²) in [5.74, 6) is -4.49. The number of rotatable bonds is 7. The summed E-state index contributed by atoms with van der Waals surface area (Å²) in [6.45, 7) is 11.5. The molecule has 1 aromatic carbocycles. The number of alkyl halides is 5. The molecule has 0 aliphatic heterocycles. The standard InChI is InChI=1S/C25H29BrF6N4OSi/c1-13(33-21-16-11-18(26)20(25(30,31)32)36-22(16)35-14(2)34-21)15-9-8-10-17(19(15)27)24(28,29)12-37-38(6,7)23(3,4)5/h8-11,13H,12H2,1-7H3,(H,33,34,35,36)/t13-/m1/s1. The molecule has 0 amide bonds. The van der Waals surface area contributed by atoms with Crippen molar-refractivity contribution in [1.29, 1.82) is 0 Å². The van der Waals surface area contributed by atoms with Gasteiger partial charge in [0.25, 0.3) is 5.92 Å². The second-order valence-corrected chi connectivity index (χ2v) is 16.3. The molecule has 0 aliphatic rings. The van der Waals surface area contributed by atoms with Gasteiger partial charge in [0.15, 0.2) is 19.7 Å². The maximum absolute atomic E-state index is 15.5. The zero-order valence-electron chi connectivity index (χ0n) is 22.0. The highest BCUT2D eigenvalue weighted by atomic mass is 79.9. The van der Waals surface area contributed by atoms with E-state index in [1.807, 2.05) is 33.9 Å². The van der Waals surface area contributed by atoms with Crippen molar-refractivity contribution in [2.24, 2.45) is 0 Å². The Morgan fingerprint density at radius 1 is 1.05 bits per heavy atom. The average molecular weight is 624 g/mol. The van der Waals surface area contributed by atoms with E-state index in [9.17, 15) is 13.2 Å². The van der Waals surface area contributed by atoms with E-state index in [1.165, 1.54) is 32.0 Å². The smallest absolute Gasteiger partial charge is 0.410 e. The highest BCUT2D eigenvalue weighted by molar-refractivity contribution is 9.10. The third-order valence-electron chi connectivity index (χ3n) is 6.68. The van der Waals surface area contributed by atoms with Crippen LogP contribution in [0.1, 0.15) is 56.4 Å². The molecule has 5 nitrogen and oxygen atoms in total. The summed E-state index contributed by atoms with van der Waals surface area (Å²) in [5, 5.41) is 2.77. The van der Waals surface area contributed by atoms with Crippen LogP contribution in [0, 0.1) is 12.7 Å². The molecule has 2 heterocycles. The van der Waals surface area contributed by atoms with Crippen LogP contribution in [-0.4, -0.2) is 29.9 Å². The third kappa shape index (κ3) is 6.31.